The fourth-order valence-electron chi connectivity index (χ4n) is 3.36. The summed E-state index contributed by atoms with van der Waals surface area (Å²) in [6, 6.07) is -0.0528. The first-order chi connectivity index (χ1) is 11.0. The Morgan fingerprint density at radius 1 is 1.22 bits per heavy atom. The highest BCUT2D eigenvalue weighted by Gasteiger charge is 2.27. The van der Waals surface area contributed by atoms with E-state index in [9.17, 15) is 9.90 Å². The summed E-state index contributed by atoms with van der Waals surface area (Å²) in [6.07, 6.45) is 4.89. The van der Waals surface area contributed by atoms with Crippen molar-refractivity contribution >= 4 is 6.03 Å². The molecule has 0 saturated heterocycles. The molecule has 3 N–H and O–H groups in total. The minimum Gasteiger partial charge on any atom is -0.393 e. The lowest BCUT2D eigenvalue weighted by molar-refractivity contribution is 0.117. The zero-order valence-corrected chi connectivity index (χ0v) is 14.0. The zero-order valence-electron chi connectivity index (χ0n) is 14.0. The molecule has 1 atom stereocenters. The number of carbonyl (C=O) groups excluding carboxylic acids is 1. The Hall–Kier alpha value is -1.63. The molecule has 1 aliphatic heterocycles. The second-order valence-electron chi connectivity index (χ2n) is 7.02. The van der Waals surface area contributed by atoms with Gasteiger partial charge >= 0.3 is 6.03 Å². The molecule has 0 spiro atoms. The van der Waals surface area contributed by atoms with E-state index in [2.05, 4.69) is 34.6 Å². The Balaban J connectivity index is 1.59. The molecule has 3 rings (SSSR count). The Bertz CT molecular complexity index is 549. The monoisotopic (exact) mass is 321 g/mol. The highest BCUT2D eigenvalue weighted by atomic mass is 16.3. The molecule has 1 aromatic heterocycles. The van der Waals surface area contributed by atoms with Crippen LogP contribution < -0.4 is 10.6 Å². The number of aliphatic hydroxyl groups is 1. The normalized spacial score (nSPS) is 27.6. The molecule has 128 valence electrons. The van der Waals surface area contributed by atoms with Gasteiger partial charge in [0.15, 0.2) is 5.82 Å². The highest BCUT2D eigenvalue weighted by molar-refractivity contribution is 5.74. The van der Waals surface area contributed by atoms with Crippen molar-refractivity contribution in [2.75, 3.05) is 0 Å². The van der Waals surface area contributed by atoms with Crippen LogP contribution in [0.2, 0.25) is 0 Å². The molecule has 0 aromatic carbocycles. The molecular weight excluding hydrogens is 294 g/mol. The van der Waals surface area contributed by atoms with Crippen LogP contribution in [0, 0.1) is 0 Å². The van der Waals surface area contributed by atoms with Crippen LogP contribution in [-0.4, -0.2) is 38.0 Å². The Morgan fingerprint density at radius 3 is 2.65 bits per heavy atom. The first-order valence-corrected chi connectivity index (χ1v) is 8.72. The van der Waals surface area contributed by atoms with Gasteiger partial charge in [-0.3, -0.25) is 0 Å². The van der Waals surface area contributed by atoms with Gasteiger partial charge in [0, 0.05) is 18.5 Å². The SMILES string of the molecule is CC(C)c1nc2n(n1)CCCC2NC(=O)NC1CCC(O)CC1. The van der Waals surface area contributed by atoms with Crippen LogP contribution in [0.15, 0.2) is 0 Å². The van der Waals surface area contributed by atoms with Crippen LogP contribution >= 0.6 is 0 Å². The van der Waals surface area contributed by atoms with E-state index in [1.54, 1.807) is 0 Å². The Kier molecular flexibility index (Phi) is 4.84. The van der Waals surface area contributed by atoms with Gasteiger partial charge in [0.2, 0.25) is 0 Å². The molecule has 7 nitrogen and oxygen atoms in total. The largest absolute Gasteiger partial charge is 0.393 e. The lowest BCUT2D eigenvalue weighted by atomic mass is 9.93. The molecule has 2 amide bonds. The number of rotatable bonds is 3. The predicted octanol–water partition coefficient (Wildman–Crippen LogP) is 1.84. The van der Waals surface area contributed by atoms with Gasteiger partial charge < -0.3 is 15.7 Å². The zero-order chi connectivity index (χ0) is 16.4. The van der Waals surface area contributed by atoms with Crippen LogP contribution in [0.5, 0.6) is 0 Å². The molecule has 2 aliphatic rings. The van der Waals surface area contributed by atoms with Gasteiger partial charge in [0.05, 0.1) is 12.1 Å². The van der Waals surface area contributed by atoms with E-state index in [0.29, 0.717) is 0 Å². The summed E-state index contributed by atoms with van der Waals surface area (Å²) in [5, 5.41) is 20.1. The molecule has 1 unspecified atom stereocenters. The fraction of sp³-hybridized carbons (Fsp3) is 0.812. The number of nitrogens with zero attached hydrogens (tertiary/aromatic N) is 3. The standard InChI is InChI=1S/C16H27N5O2/c1-10(2)14-19-15-13(4-3-9-21(15)20-14)18-16(23)17-11-5-7-12(22)8-6-11/h10-13,22H,3-9H2,1-2H3,(H2,17,18,23). The topological polar surface area (TPSA) is 92.1 Å². The van der Waals surface area contributed by atoms with E-state index < -0.39 is 0 Å². The summed E-state index contributed by atoms with van der Waals surface area (Å²) in [5.41, 5.74) is 0. The molecule has 1 fully saturated rings. The van der Waals surface area contributed by atoms with Crippen molar-refractivity contribution in [3.8, 4) is 0 Å². The Labute approximate surface area is 136 Å². The van der Waals surface area contributed by atoms with Crippen molar-refractivity contribution in [2.45, 2.75) is 83.0 Å². The van der Waals surface area contributed by atoms with E-state index in [4.69, 9.17) is 0 Å². The maximum atomic E-state index is 12.3. The number of aryl methyl sites for hydroxylation is 1. The number of hydrogen-bond acceptors (Lipinski definition) is 4. The number of nitrogens with one attached hydrogen (secondary N) is 2. The third-order valence-electron chi connectivity index (χ3n) is 4.74. The van der Waals surface area contributed by atoms with Crippen LogP contribution in [-0.2, 0) is 6.54 Å². The molecule has 1 aromatic rings. The predicted molar refractivity (Wildman–Crippen MR) is 86.0 cm³/mol. The van der Waals surface area contributed by atoms with Gasteiger partial charge in [-0.1, -0.05) is 13.8 Å². The number of fused-ring (bicyclic) bond motifs is 1. The summed E-state index contributed by atoms with van der Waals surface area (Å²) >= 11 is 0. The van der Waals surface area contributed by atoms with Crippen LogP contribution in [0.4, 0.5) is 4.79 Å². The quantitative estimate of drug-likeness (QED) is 0.792. The van der Waals surface area contributed by atoms with E-state index in [0.717, 1.165) is 56.7 Å². The van der Waals surface area contributed by atoms with Crippen molar-refractivity contribution < 1.29 is 9.90 Å². The lowest BCUT2D eigenvalue weighted by Gasteiger charge is -2.28. The molecule has 2 heterocycles. The van der Waals surface area contributed by atoms with Gasteiger partial charge in [0.1, 0.15) is 5.82 Å². The molecule has 1 aliphatic carbocycles. The second-order valence-corrected chi connectivity index (χ2v) is 7.02. The maximum absolute atomic E-state index is 12.3. The minimum absolute atomic E-state index is 0.0714. The van der Waals surface area contributed by atoms with Gasteiger partial charge in [-0.2, -0.15) is 5.10 Å². The molecule has 0 bridgehead atoms. The van der Waals surface area contributed by atoms with Crippen molar-refractivity contribution in [3.63, 3.8) is 0 Å². The average molecular weight is 321 g/mol. The lowest BCUT2D eigenvalue weighted by Crippen LogP contribution is -2.46. The van der Waals surface area contributed by atoms with E-state index in [-0.39, 0.29) is 30.1 Å². The van der Waals surface area contributed by atoms with E-state index in [1.807, 2.05) is 4.68 Å². The van der Waals surface area contributed by atoms with Gasteiger partial charge in [-0.25, -0.2) is 14.5 Å². The smallest absolute Gasteiger partial charge is 0.315 e. The second kappa shape index (κ2) is 6.86. The summed E-state index contributed by atoms with van der Waals surface area (Å²) < 4.78 is 1.93. The summed E-state index contributed by atoms with van der Waals surface area (Å²) in [7, 11) is 0. The summed E-state index contributed by atoms with van der Waals surface area (Å²) in [6.45, 7) is 5.03. The highest BCUT2D eigenvalue weighted by Crippen LogP contribution is 2.25. The third-order valence-corrected chi connectivity index (χ3v) is 4.74. The van der Waals surface area contributed by atoms with Gasteiger partial charge in [0.25, 0.3) is 0 Å². The van der Waals surface area contributed by atoms with E-state index in [1.165, 1.54) is 0 Å². The van der Waals surface area contributed by atoms with Gasteiger partial charge in [-0.05, 0) is 38.5 Å². The van der Waals surface area contributed by atoms with Crippen molar-refractivity contribution in [2.24, 2.45) is 0 Å². The third kappa shape index (κ3) is 3.83. The van der Waals surface area contributed by atoms with Crippen molar-refractivity contribution in [1.29, 1.82) is 0 Å². The van der Waals surface area contributed by atoms with E-state index >= 15 is 0 Å². The Morgan fingerprint density at radius 2 is 1.96 bits per heavy atom. The molecule has 7 heteroatoms. The number of urea groups is 1. The molecule has 23 heavy (non-hydrogen) atoms. The van der Waals surface area contributed by atoms with Crippen molar-refractivity contribution in [1.82, 2.24) is 25.4 Å². The minimum atomic E-state index is -0.206. The molecule has 0 radical (unpaired) electrons. The first-order valence-electron chi connectivity index (χ1n) is 8.72. The maximum Gasteiger partial charge on any atom is 0.315 e. The van der Waals surface area contributed by atoms with Crippen molar-refractivity contribution in [3.05, 3.63) is 11.6 Å². The number of aromatic nitrogens is 3. The summed E-state index contributed by atoms with van der Waals surface area (Å²) in [5.74, 6) is 2.00. The average Bonchev–Trinajstić information content (AvgIpc) is 2.95. The van der Waals surface area contributed by atoms with Crippen LogP contribution in [0.3, 0.4) is 0 Å². The number of carbonyl (C=O) groups is 1. The van der Waals surface area contributed by atoms with Crippen LogP contribution in [0.1, 0.15) is 76.0 Å². The first kappa shape index (κ1) is 16.2. The number of aliphatic hydroxyl groups excluding tert-OH is 1. The summed E-state index contributed by atoms with van der Waals surface area (Å²) in [4.78, 5) is 16.9. The molecular formula is C16H27N5O2. The van der Waals surface area contributed by atoms with Gasteiger partial charge in [-0.15, -0.1) is 0 Å². The number of amides is 2. The number of hydrogen-bond donors (Lipinski definition) is 3. The fourth-order valence-corrected chi connectivity index (χ4v) is 3.36. The van der Waals surface area contributed by atoms with Crippen LogP contribution in [0.25, 0.3) is 0 Å². The molecule has 1 saturated carbocycles.